The molecule has 4 aromatic rings. The lowest BCUT2D eigenvalue weighted by molar-refractivity contribution is -0.0390. The zero-order chi connectivity index (χ0) is 23.1. The summed E-state index contributed by atoms with van der Waals surface area (Å²) in [6, 6.07) is 12.2. The van der Waals surface area contributed by atoms with Gasteiger partial charge in [0.15, 0.2) is 10.8 Å². The fraction of sp³-hybridized carbons (Fsp3) is 0.360. The number of benzene rings is 1. The van der Waals surface area contributed by atoms with E-state index in [-0.39, 0.29) is 6.04 Å². The van der Waals surface area contributed by atoms with Crippen LogP contribution in [0.2, 0.25) is 0 Å². The maximum Gasteiger partial charge on any atom is 0.186 e. The number of anilines is 1. The van der Waals surface area contributed by atoms with E-state index in [9.17, 15) is 5.26 Å². The molecule has 8 nitrogen and oxygen atoms in total. The van der Waals surface area contributed by atoms with E-state index in [0.717, 1.165) is 83.7 Å². The standard InChI is InChI=1S/C25H25N7OS/c26-10-16-1-3-18(4-2-16)22-23(34-25(30-22)31-7-5-20(27)6-8-31)19-9-21-24(28-11-19)32(15-29-21)12-17-13-33-14-17/h1-4,9,11,15,17,20H,5-8,12-14,27H2. The molecule has 6 rings (SSSR count). The molecule has 2 saturated heterocycles. The molecule has 0 atom stereocenters. The molecule has 0 saturated carbocycles. The third kappa shape index (κ3) is 3.94. The second kappa shape index (κ2) is 8.80. The van der Waals surface area contributed by atoms with Gasteiger partial charge in [-0.25, -0.2) is 15.0 Å². The van der Waals surface area contributed by atoms with Gasteiger partial charge in [0, 0.05) is 48.9 Å². The van der Waals surface area contributed by atoms with E-state index >= 15 is 0 Å². The van der Waals surface area contributed by atoms with Crippen molar-refractivity contribution in [3.8, 4) is 27.8 Å². The van der Waals surface area contributed by atoms with Gasteiger partial charge in [-0.3, -0.25) is 0 Å². The fourth-order valence-corrected chi connectivity index (χ4v) is 5.62. The van der Waals surface area contributed by atoms with Gasteiger partial charge >= 0.3 is 0 Å². The lowest BCUT2D eigenvalue weighted by atomic mass is 10.1. The second-order valence-corrected chi connectivity index (χ2v) is 10.0. The van der Waals surface area contributed by atoms with E-state index in [1.165, 1.54) is 0 Å². The first-order chi connectivity index (χ1) is 16.7. The van der Waals surface area contributed by atoms with E-state index in [0.29, 0.717) is 11.5 Å². The summed E-state index contributed by atoms with van der Waals surface area (Å²) in [7, 11) is 0. The van der Waals surface area contributed by atoms with Gasteiger partial charge in [-0.2, -0.15) is 5.26 Å². The van der Waals surface area contributed by atoms with Gasteiger partial charge in [-0.15, -0.1) is 0 Å². The van der Waals surface area contributed by atoms with Gasteiger partial charge in [0.05, 0.1) is 41.7 Å². The molecule has 3 aromatic heterocycles. The Hall–Kier alpha value is -3.32. The van der Waals surface area contributed by atoms with Crippen LogP contribution >= 0.6 is 11.3 Å². The summed E-state index contributed by atoms with van der Waals surface area (Å²) in [5.74, 6) is 0.531. The number of piperidine rings is 1. The number of thiazole rings is 1. The first kappa shape index (κ1) is 21.2. The zero-order valence-electron chi connectivity index (χ0n) is 18.7. The Kier molecular flexibility index (Phi) is 5.49. The summed E-state index contributed by atoms with van der Waals surface area (Å²) in [5, 5.41) is 10.2. The summed E-state index contributed by atoms with van der Waals surface area (Å²) in [5.41, 5.74) is 11.4. The highest BCUT2D eigenvalue weighted by Crippen LogP contribution is 2.41. The number of rotatable bonds is 5. The summed E-state index contributed by atoms with van der Waals surface area (Å²) in [4.78, 5) is 17.9. The summed E-state index contributed by atoms with van der Waals surface area (Å²) in [6.45, 7) is 4.30. The van der Waals surface area contributed by atoms with E-state index < -0.39 is 0 Å². The highest BCUT2D eigenvalue weighted by atomic mass is 32.1. The van der Waals surface area contributed by atoms with Crippen LogP contribution in [-0.2, 0) is 11.3 Å². The van der Waals surface area contributed by atoms with Crippen LogP contribution in [0.5, 0.6) is 0 Å². The first-order valence-electron chi connectivity index (χ1n) is 11.6. The molecule has 0 amide bonds. The lowest BCUT2D eigenvalue weighted by Crippen LogP contribution is -2.39. The molecule has 0 aliphatic carbocycles. The average molecular weight is 472 g/mol. The van der Waals surface area contributed by atoms with E-state index in [1.807, 2.05) is 36.8 Å². The molecule has 2 aliphatic heterocycles. The van der Waals surface area contributed by atoms with Crippen LogP contribution in [0.15, 0.2) is 42.9 Å². The monoisotopic (exact) mass is 471 g/mol. The van der Waals surface area contributed by atoms with Gasteiger partial charge < -0.3 is 19.9 Å². The minimum Gasteiger partial charge on any atom is -0.381 e. The molecule has 34 heavy (non-hydrogen) atoms. The van der Waals surface area contributed by atoms with Crippen LogP contribution in [0, 0.1) is 17.2 Å². The van der Waals surface area contributed by atoms with Gasteiger partial charge in [0.2, 0.25) is 0 Å². The van der Waals surface area contributed by atoms with Gasteiger partial charge in [0.1, 0.15) is 5.52 Å². The van der Waals surface area contributed by atoms with Crippen LogP contribution in [0.1, 0.15) is 18.4 Å². The van der Waals surface area contributed by atoms with Gasteiger partial charge in [-0.1, -0.05) is 23.5 Å². The molecule has 2 N–H and O–H groups in total. The number of aromatic nitrogens is 4. The van der Waals surface area contributed by atoms with Crippen molar-refractivity contribution in [1.82, 2.24) is 19.5 Å². The Labute approximate surface area is 201 Å². The summed E-state index contributed by atoms with van der Waals surface area (Å²) >= 11 is 1.68. The number of fused-ring (bicyclic) bond motifs is 1. The normalized spacial score (nSPS) is 17.1. The number of imidazole rings is 1. The number of ether oxygens (including phenoxy) is 1. The summed E-state index contributed by atoms with van der Waals surface area (Å²) in [6.07, 6.45) is 5.74. The molecule has 172 valence electrons. The molecule has 0 unspecified atom stereocenters. The number of hydrogen-bond acceptors (Lipinski definition) is 8. The van der Waals surface area contributed by atoms with Crippen molar-refractivity contribution in [2.45, 2.75) is 25.4 Å². The highest BCUT2D eigenvalue weighted by Gasteiger charge is 2.24. The van der Waals surface area contributed by atoms with Gasteiger partial charge in [0.25, 0.3) is 0 Å². The van der Waals surface area contributed by atoms with Crippen molar-refractivity contribution in [2.75, 3.05) is 31.2 Å². The third-order valence-corrected chi connectivity index (χ3v) is 7.76. The van der Waals surface area contributed by atoms with Crippen molar-refractivity contribution >= 4 is 27.6 Å². The molecule has 9 heteroatoms. The number of nitrogens with zero attached hydrogens (tertiary/aromatic N) is 6. The Morgan fingerprint density at radius 3 is 2.62 bits per heavy atom. The number of nitrogens with two attached hydrogens (primary N) is 1. The molecular weight excluding hydrogens is 446 g/mol. The van der Waals surface area contributed by atoms with E-state index in [2.05, 4.69) is 26.6 Å². The minimum absolute atomic E-state index is 0.266. The van der Waals surface area contributed by atoms with Crippen molar-refractivity contribution in [3.63, 3.8) is 0 Å². The summed E-state index contributed by atoms with van der Waals surface area (Å²) < 4.78 is 7.43. The molecule has 0 radical (unpaired) electrons. The third-order valence-electron chi connectivity index (χ3n) is 6.59. The highest BCUT2D eigenvalue weighted by molar-refractivity contribution is 7.19. The molecular formula is C25H25N7OS. The second-order valence-electron chi connectivity index (χ2n) is 9.05. The Morgan fingerprint density at radius 1 is 1.12 bits per heavy atom. The van der Waals surface area contributed by atoms with Crippen molar-refractivity contribution in [2.24, 2.45) is 11.7 Å². The number of pyridine rings is 1. The van der Waals surface area contributed by atoms with Crippen LogP contribution in [0.4, 0.5) is 5.13 Å². The number of hydrogen-bond donors (Lipinski definition) is 1. The van der Waals surface area contributed by atoms with Crippen molar-refractivity contribution in [1.29, 1.82) is 5.26 Å². The zero-order valence-corrected chi connectivity index (χ0v) is 19.5. The van der Waals surface area contributed by atoms with Crippen LogP contribution in [-0.4, -0.2) is 51.9 Å². The lowest BCUT2D eigenvalue weighted by Gasteiger charge is -2.29. The Bertz CT molecular complexity index is 1360. The largest absolute Gasteiger partial charge is 0.381 e. The SMILES string of the molecule is N#Cc1ccc(-c2nc(N3CCC(N)CC3)sc2-c2cnc3c(c2)ncn3CC2COC2)cc1. The molecule has 0 bridgehead atoms. The van der Waals surface area contributed by atoms with E-state index in [1.54, 1.807) is 11.3 Å². The molecule has 0 spiro atoms. The Balaban J connectivity index is 1.39. The topological polar surface area (TPSA) is 106 Å². The average Bonchev–Trinajstić information content (AvgIpc) is 3.46. The van der Waals surface area contributed by atoms with Gasteiger partial charge in [-0.05, 0) is 31.0 Å². The first-order valence-corrected chi connectivity index (χ1v) is 12.4. The molecule has 2 aliphatic rings. The maximum absolute atomic E-state index is 9.20. The molecule has 5 heterocycles. The van der Waals surface area contributed by atoms with Crippen LogP contribution < -0.4 is 10.6 Å². The van der Waals surface area contributed by atoms with Crippen LogP contribution in [0.25, 0.3) is 32.9 Å². The van der Waals surface area contributed by atoms with Crippen molar-refractivity contribution in [3.05, 3.63) is 48.4 Å². The Morgan fingerprint density at radius 2 is 1.91 bits per heavy atom. The fourth-order valence-electron chi connectivity index (χ4n) is 4.50. The van der Waals surface area contributed by atoms with Crippen molar-refractivity contribution < 1.29 is 4.74 Å². The van der Waals surface area contributed by atoms with E-state index in [4.69, 9.17) is 20.4 Å². The number of nitriles is 1. The molecule has 1 aromatic carbocycles. The van der Waals surface area contributed by atoms with Crippen LogP contribution in [0.3, 0.4) is 0 Å². The quantitative estimate of drug-likeness (QED) is 0.473. The smallest absolute Gasteiger partial charge is 0.186 e. The molecule has 2 fully saturated rings. The maximum atomic E-state index is 9.20. The predicted octanol–water partition coefficient (Wildman–Crippen LogP) is 3.67. The minimum atomic E-state index is 0.266. The predicted molar refractivity (Wildman–Crippen MR) is 133 cm³/mol.